The van der Waals surface area contributed by atoms with E-state index in [9.17, 15) is 0 Å². The average molecular weight is 318 g/mol. The third-order valence-corrected chi connectivity index (χ3v) is 6.86. The van der Waals surface area contributed by atoms with Crippen molar-refractivity contribution in [3.05, 3.63) is 58.7 Å². The molecule has 23 heavy (non-hydrogen) atoms. The summed E-state index contributed by atoms with van der Waals surface area (Å²) in [6.07, 6.45) is 2.26. The molecule has 3 aromatic rings. The number of benzene rings is 2. The second-order valence-electron chi connectivity index (χ2n) is 7.17. The van der Waals surface area contributed by atoms with Gasteiger partial charge < -0.3 is 0 Å². The first-order valence-corrected chi connectivity index (χ1v) is 11.5. The summed E-state index contributed by atoms with van der Waals surface area (Å²) in [7, 11) is -0.841. The van der Waals surface area contributed by atoms with Crippen LogP contribution in [0.4, 0.5) is 0 Å². The molecule has 0 fully saturated rings. The Bertz CT molecular complexity index is 925. The molecule has 0 N–H and O–H groups in total. The minimum atomic E-state index is -0.841. The van der Waals surface area contributed by atoms with Crippen molar-refractivity contribution in [1.29, 1.82) is 0 Å². The Hall–Kier alpha value is -1.93. The molecule has 116 valence electrons. The standard InChI is InChI=1S/C21H23NSi/c1-13-10-14(2)16-9-8-15-12-18-19(22-21(15)17(16)11-13)6-5-7-20(18)23(3)4/h5-7,10-12,23H,8-9H2,1-4H3. The van der Waals surface area contributed by atoms with Gasteiger partial charge in [0.25, 0.3) is 0 Å². The van der Waals surface area contributed by atoms with Gasteiger partial charge in [-0.1, -0.05) is 42.0 Å². The van der Waals surface area contributed by atoms with E-state index in [0.29, 0.717) is 0 Å². The van der Waals surface area contributed by atoms with E-state index in [4.69, 9.17) is 4.98 Å². The quantitative estimate of drug-likeness (QED) is 0.609. The maximum Gasteiger partial charge on any atom is 0.0744 e. The summed E-state index contributed by atoms with van der Waals surface area (Å²) in [6, 6.07) is 13.7. The summed E-state index contributed by atoms with van der Waals surface area (Å²) in [5.74, 6) is 0. The molecule has 0 atom stereocenters. The molecule has 2 heteroatoms. The first-order chi connectivity index (χ1) is 11.0. The Labute approximate surface area is 140 Å². The van der Waals surface area contributed by atoms with Gasteiger partial charge in [0.1, 0.15) is 0 Å². The predicted molar refractivity (Wildman–Crippen MR) is 103 cm³/mol. The van der Waals surface area contributed by atoms with Crippen LogP contribution in [0, 0.1) is 13.8 Å². The Morgan fingerprint density at radius 1 is 1.00 bits per heavy atom. The van der Waals surface area contributed by atoms with E-state index in [1.165, 1.54) is 38.9 Å². The minimum Gasteiger partial charge on any atom is -0.248 e. The van der Waals surface area contributed by atoms with Gasteiger partial charge in [0.15, 0.2) is 0 Å². The Kier molecular flexibility index (Phi) is 3.38. The van der Waals surface area contributed by atoms with Crippen molar-refractivity contribution in [1.82, 2.24) is 4.98 Å². The number of aromatic nitrogens is 1. The minimum absolute atomic E-state index is 0.841. The summed E-state index contributed by atoms with van der Waals surface area (Å²) in [5, 5.41) is 2.93. The van der Waals surface area contributed by atoms with Gasteiger partial charge in [-0.2, -0.15) is 0 Å². The van der Waals surface area contributed by atoms with Gasteiger partial charge in [-0.25, -0.2) is 4.98 Å². The molecule has 0 radical (unpaired) electrons. The summed E-state index contributed by atoms with van der Waals surface area (Å²) < 4.78 is 0. The van der Waals surface area contributed by atoms with Crippen LogP contribution in [-0.2, 0) is 12.8 Å². The van der Waals surface area contributed by atoms with Gasteiger partial charge in [0.2, 0.25) is 0 Å². The van der Waals surface area contributed by atoms with Gasteiger partial charge in [-0.3, -0.25) is 0 Å². The molecule has 2 aromatic carbocycles. The highest BCUT2D eigenvalue weighted by Gasteiger charge is 2.21. The van der Waals surface area contributed by atoms with Crippen LogP contribution in [-0.4, -0.2) is 13.8 Å². The number of pyridine rings is 1. The second-order valence-corrected chi connectivity index (χ2v) is 10.1. The Morgan fingerprint density at radius 3 is 2.61 bits per heavy atom. The fraction of sp³-hybridized carbons (Fsp3) is 0.286. The second kappa shape index (κ2) is 5.31. The van der Waals surface area contributed by atoms with Crippen molar-refractivity contribution in [2.45, 2.75) is 39.8 Å². The smallest absolute Gasteiger partial charge is 0.0744 e. The van der Waals surface area contributed by atoms with Gasteiger partial charge >= 0.3 is 0 Å². The zero-order valence-corrected chi connectivity index (χ0v) is 15.6. The molecule has 0 amide bonds. The van der Waals surface area contributed by atoms with E-state index in [2.05, 4.69) is 63.3 Å². The molecule has 1 aliphatic rings. The van der Waals surface area contributed by atoms with Gasteiger partial charge in [-0.05, 0) is 67.0 Å². The van der Waals surface area contributed by atoms with Crippen LogP contribution in [0.25, 0.3) is 22.2 Å². The van der Waals surface area contributed by atoms with E-state index in [1.807, 2.05) is 0 Å². The van der Waals surface area contributed by atoms with Crippen molar-refractivity contribution >= 4 is 24.9 Å². The molecule has 1 heterocycles. The highest BCUT2D eigenvalue weighted by atomic mass is 28.3. The molecule has 4 rings (SSSR count). The van der Waals surface area contributed by atoms with Gasteiger partial charge in [0.05, 0.1) is 20.0 Å². The van der Waals surface area contributed by atoms with Gasteiger partial charge in [-0.15, -0.1) is 0 Å². The fourth-order valence-electron chi connectivity index (χ4n) is 3.99. The molecule has 1 aromatic heterocycles. The number of nitrogens with zero attached hydrogens (tertiary/aromatic N) is 1. The largest absolute Gasteiger partial charge is 0.248 e. The van der Waals surface area contributed by atoms with E-state index in [-0.39, 0.29) is 0 Å². The van der Waals surface area contributed by atoms with E-state index in [0.717, 1.165) is 18.4 Å². The molecule has 0 unspecified atom stereocenters. The lowest BCUT2D eigenvalue weighted by atomic mass is 9.85. The first-order valence-electron chi connectivity index (χ1n) is 8.57. The normalized spacial score (nSPS) is 13.3. The molecule has 0 saturated heterocycles. The van der Waals surface area contributed by atoms with Crippen LogP contribution in [0.2, 0.25) is 13.1 Å². The van der Waals surface area contributed by atoms with Crippen LogP contribution >= 0.6 is 0 Å². The lowest BCUT2D eigenvalue weighted by Gasteiger charge is -2.23. The average Bonchev–Trinajstić information content (AvgIpc) is 2.52. The summed E-state index contributed by atoms with van der Waals surface area (Å²) in [4.78, 5) is 5.10. The summed E-state index contributed by atoms with van der Waals surface area (Å²) in [5.41, 5.74) is 9.40. The highest BCUT2D eigenvalue weighted by Crippen LogP contribution is 2.36. The van der Waals surface area contributed by atoms with Crippen LogP contribution in [0.1, 0.15) is 22.3 Å². The topological polar surface area (TPSA) is 12.9 Å². The number of aryl methyl sites for hydroxylation is 3. The monoisotopic (exact) mass is 317 g/mol. The van der Waals surface area contributed by atoms with E-state index >= 15 is 0 Å². The summed E-state index contributed by atoms with van der Waals surface area (Å²) in [6.45, 7) is 9.22. The lowest BCUT2D eigenvalue weighted by Crippen LogP contribution is -2.23. The number of hydrogen-bond donors (Lipinski definition) is 0. The molecule has 0 bridgehead atoms. The number of fused-ring (bicyclic) bond motifs is 4. The van der Waals surface area contributed by atoms with Crippen LogP contribution in [0.3, 0.4) is 0 Å². The first kappa shape index (κ1) is 14.6. The van der Waals surface area contributed by atoms with Crippen molar-refractivity contribution in [2.75, 3.05) is 0 Å². The third kappa shape index (κ3) is 2.33. The molecular formula is C21H23NSi. The third-order valence-electron chi connectivity index (χ3n) is 5.11. The molecule has 1 aliphatic carbocycles. The maximum atomic E-state index is 5.10. The van der Waals surface area contributed by atoms with Crippen molar-refractivity contribution in [3.8, 4) is 11.3 Å². The lowest BCUT2D eigenvalue weighted by molar-refractivity contribution is 0.921. The number of hydrogen-bond acceptors (Lipinski definition) is 1. The molecule has 0 saturated carbocycles. The number of rotatable bonds is 1. The van der Waals surface area contributed by atoms with Crippen molar-refractivity contribution < 1.29 is 0 Å². The Morgan fingerprint density at radius 2 is 1.83 bits per heavy atom. The van der Waals surface area contributed by atoms with Crippen molar-refractivity contribution in [2.24, 2.45) is 0 Å². The van der Waals surface area contributed by atoms with Crippen LogP contribution < -0.4 is 5.19 Å². The van der Waals surface area contributed by atoms with E-state index in [1.54, 1.807) is 5.19 Å². The molecule has 0 aliphatic heterocycles. The Balaban J connectivity index is 2.02. The SMILES string of the molecule is Cc1cc(C)c2c(c1)-c1nc3cccc([SiH](C)C)c3cc1CC2. The summed E-state index contributed by atoms with van der Waals surface area (Å²) >= 11 is 0. The fourth-order valence-corrected chi connectivity index (χ4v) is 5.34. The van der Waals surface area contributed by atoms with Crippen molar-refractivity contribution in [3.63, 3.8) is 0 Å². The zero-order chi connectivity index (χ0) is 16.1. The van der Waals surface area contributed by atoms with Crippen LogP contribution in [0.5, 0.6) is 0 Å². The molecule has 0 spiro atoms. The molecule has 1 nitrogen and oxygen atoms in total. The van der Waals surface area contributed by atoms with E-state index < -0.39 is 8.80 Å². The highest BCUT2D eigenvalue weighted by molar-refractivity contribution is 6.73. The van der Waals surface area contributed by atoms with Gasteiger partial charge in [0, 0.05) is 5.56 Å². The zero-order valence-electron chi connectivity index (χ0n) is 14.4. The molecular weight excluding hydrogens is 294 g/mol. The van der Waals surface area contributed by atoms with Crippen LogP contribution in [0.15, 0.2) is 36.4 Å². The maximum absolute atomic E-state index is 5.10. The predicted octanol–water partition coefficient (Wildman–Crippen LogP) is 4.31.